The Labute approximate surface area is 72.8 Å². The Balaban J connectivity index is 3.41. The van der Waals surface area contributed by atoms with Gasteiger partial charge in [-0.05, 0) is 12.5 Å². The Morgan fingerprint density at radius 2 is 2.33 bits per heavy atom. The third kappa shape index (κ3) is 6.69. The number of carbonyl (C=O) groups excluding carboxylic acids is 1. The highest BCUT2D eigenvalue weighted by molar-refractivity contribution is 5.66. The highest BCUT2D eigenvalue weighted by Crippen LogP contribution is 1.81. The number of hydrogen-bond donors (Lipinski definition) is 1. The number of rotatable bonds is 2. The van der Waals surface area contributed by atoms with Crippen molar-refractivity contribution >= 4 is 6.09 Å². The van der Waals surface area contributed by atoms with Crippen LogP contribution in [0.15, 0.2) is 12.2 Å². The van der Waals surface area contributed by atoms with Crippen LogP contribution in [-0.2, 0) is 4.74 Å². The van der Waals surface area contributed by atoms with Gasteiger partial charge in [-0.3, -0.25) is 0 Å². The average molecular weight is 167 g/mol. The molecule has 0 aromatic rings. The monoisotopic (exact) mass is 167 g/mol. The molecule has 0 saturated heterocycles. The first-order valence-electron chi connectivity index (χ1n) is 3.63. The highest BCUT2D eigenvalue weighted by atomic mass is 16.5. The average Bonchev–Trinajstić information content (AvgIpc) is 2.03. The summed E-state index contributed by atoms with van der Waals surface area (Å²) in [6.45, 7) is 5.96. The molecule has 0 aliphatic heterocycles. The van der Waals surface area contributed by atoms with Gasteiger partial charge in [-0.15, -0.1) is 0 Å². The molecule has 0 aliphatic rings. The van der Waals surface area contributed by atoms with E-state index in [0.29, 0.717) is 13.0 Å². The van der Waals surface area contributed by atoms with E-state index in [-0.39, 0.29) is 0 Å². The Kier molecular flexibility index (Phi) is 5.54. The van der Waals surface area contributed by atoms with Gasteiger partial charge in [-0.1, -0.05) is 18.4 Å². The maximum Gasteiger partial charge on any atom is 0.406 e. The number of carbonyl (C=O) groups is 1. The third-order valence-electron chi connectivity index (χ3n) is 1.01. The molecule has 66 valence electrons. The summed E-state index contributed by atoms with van der Waals surface area (Å²) < 4.78 is 4.36. The van der Waals surface area contributed by atoms with Crippen LogP contribution in [0.2, 0.25) is 0 Å². The minimum absolute atomic E-state index is 0.424. The summed E-state index contributed by atoms with van der Waals surface area (Å²) >= 11 is 0. The van der Waals surface area contributed by atoms with Gasteiger partial charge in [-0.2, -0.15) is 0 Å². The second kappa shape index (κ2) is 6.29. The molecule has 0 heterocycles. The SMILES string of the molecule is C=C(C)C#CCCNC(=O)OC. The molecule has 0 rings (SSSR count). The molecular weight excluding hydrogens is 154 g/mol. The van der Waals surface area contributed by atoms with Gasteiger partial charge in [0.25, 0.3) is 0 Å². The molecule has 0 atom stereocenters. The lowest BCUT2D eigenvalue weighted by atomic mass is 10.3. The molecule has 0 radical (unpaired) electrons. The van der Waals surface area contributed by atoms with Crippen LogP contribution in [0.5, 0.6) is 0 Å². The lowest BCUT2D eigenvalue weighted by Crippen LogP contribution is -2.23. The second-order valence-electron chi connectivity index (χ2n) is 2.25. The molecule has 0 aromatic heterocycles. The largest absolute Gasteiger partial charge is 0.453 e. The van der Waals surface area contributed by atoms with Crippen molar-refractivity contribution in [3.63, 3.8) is 0 Å². The molecule has 1 N–H and O–H groups in total. The van der Waals surface area contributed by atoms with Crippen LogP contribution in [0.1, 0.15) is 13.3 Å². The normalized spacial score (nSPS) is 7.83. The summed E-state index contributed by atoms with van der Waals surface area (Å²) in [4.78, 5) is 10.5. The van der Waals surface area contributed by atoms with Crippen molar-refractivity contribution in [1.29, 1.82) is 0 Å². The number of alkyl carbamates (subject to hydrolysis) is 1. The van der Waals surface area contributed by atoms with E-state index in [1.165, 1.54) is 7.11 Å². The summed E-state index contributed by atoms with van der Waals surface area (Å²) in [5.74, 6) is 5.65. The maximum atomic E-state index is 10.5. The summed E-state index contributed by atoms with van der Waals surface area (Å²) in [5.41, 5.74) is 0.827. The molecule has 12 heavy (non-hydrogen) atoms. The Hall–Kier alpha value is -1.43. The molecule has 3 heteroatoms. The van der Waals surface area contributed by atoms with Crippen LogP contribution in [0.25, 0.3) is 0 Å². The predicted octanol–water partition coefficient (Wildman–Crippen LogP) is 1.31. The zero-order valence-electron chi connectivity index (χ0n) is 7.44. The van der Waals surface area contributed by atoms with Gasteiger partial charge in [0.15, 0.2) is 0 Å². The van der Waals surface area contributed by atoms with Crippen LogP contribution < -0.4 is 5.32 Å². The van der Waals surface area contributed by atoms with Crippen molar-refractivity contribution in [3.05, 3.63) is 12.2 Å². The fraction of sp³-hybridized carbons (Fsp3) is 0.444. The topological polar surface area (TPSA) is 38.3 Å². The first kappa shape index (κ1) is 10.6. The number of ether oxygens (including phenoxy) is 1. The molecule has 0 aromatic carbocycles. The van der Waals surface area contributed by atoms with E-state index in [9.17, 15) is 4.79 Å². The van der Waals surface area contributed by atoms with E-state index in [1.54, 1.807) is 0 Å². The van der Waals surface area contributed by atoms with Crippen LogP contribution in [0.4, 0.5) is 4.79 Å². The molecule has 0 spiro atoms. The zero-order valence-corrected chi connectivity index (χ0v) is 7.44. The summed E-state index contributed by atoms with van der Waals surface area (Å²) in [6.07, 6.45) is 0.189. The molecule has 0 bridgehead atoms. The molecule has 3 nitrogen and oxygen atoms in total. The van der Waals surface area contributed by atoms with E-state index in [0.717, 1.165) is 5.57 Å². The van der Waals surface area contributed by atoms with Crippen LogP contribution in [0.3, 0.4) is 0 Å². The quantitative estimate of drug-likeness (QED) is 0.497. The van der Waals surface area contributed by atoms with Crippen molar-refractivity contribution in [2.24, 2.45) is 0 Å². The van der Waals surface area contributed by atoms with Gasteiger partial charge in [0.2, 0.25) is 0 Å². The smallest absolute Gasteiger partial charge is 0.406 e. The maximum absolute atomic E-state index is 10.5. The molecule has 1 amide bonds. The van der Waals surface area contributed by atoms with Crippen LogP contribution >= 0.6 is 0 Å². The van der Waals surface area contributed by atoms with Gasteiger partial charge in [-0.25, -0.2) is 4.79 Å². The minimum atomic E-state index is -0.424. The first-order chi connectivity index (χ1) is 5.66. The number of hydrogen-bond acceptors (Lipinski definition) is 2. The lowest BCUT2D eigenvalue weighted by Gasteiger charge is -1.98. The van der Waals surface area contributed by atoms with E-state index >= 15 is 0 Å². The van der Waals surface area contributed by atoms with Crippen molar-refractivity contribution in [1.82, 2.24) is 5.32 Å². The van der Waals surface area contributed by atoms with Crippen molar-refractivity contribution in [3.8, 4) is 11.8 Å². The van der Waals surface area contributed by atoms with E-state index in [1.807, 2.05) is 6.92 Å². The van der Waals surface area contributed by atoms with Crippen molar-refractivity contribution < 1.29 is 9.53 Å². The molecular formula is C9H13NO2. The number of nitrogens with one attached hydrogen (secondary N) is 1. The van der Waals surface area contributed by atoms with Crippen molar-refractivity contribution in [2.45, 2.75) is 13.3 Å². The summed E-state index contributed by atoms with van der Waals surface area (Å²) in [7, 11) is 1.33. The Morgan fingerprint density at radius 1 is 1.67 bits per heavy atom. The van der Waals surface area contributed by atoms with Crippen molar-refractivity contribution in [2.75, 3.05) is 13.7 Å². The second-order valence-corrected chi connectivity index (χ2v) is 2.25. The Bertz CT molecular complexity index is 222. The minimum Gasteiger partial charge on any atom is -0.453 e. The number of amides is 1. The van der Waals surface area contributed by atoms with E-state index in [4.69, 9.17) is 0 Å². The molecule has 0 unspecified atom stereocenters. The van der Waals surface area contributed by atoms with Gasteiger partial charge < -0.3 is 10.1 Å². The molecule has 0 fully saturated rings. The summed E-state index contributed by atoms with van der Waals surface area (Å²) in [5, 5.41) is 2.51. The van der Waals surface area contributed by atoms with E-state index < -0.39 is 6.09 Å². The standard InChI is InChI=1S/C9H13NO2/c1-8(2)6-4-5-7-10-9(11)12-3/h1,5,7H2,2-3H3,(H,10,11). The first-order valence-corrected chi connectivity index (χ1v) is 3.63. The predicted molar refractivity (Wildman–Crippen MR) is 47.6 cm³/mol. The van der Waals surface area contributed by atoms with Crippen LogP contribution in [-0.4, -0.2) is 19.7 Å². The molecule has 0 saturated carbocycles. The fourth-order valence-electron chi connectivity index (χ4n) is 0.513. The van der Waals surface area contributed by atoms with Gasteiger partial charge in [0.1, 0.15) is 0 Å². The highest BCUT2D eigenvalue weighted by Gasteiger charge is 1.93. The number of allylic oxidation sites excluding steroid dienone is 1. The summed E-state index contributed by atoms with van der Waals surface area (Å²) in [6, 6.07) is 0. The lowest BCUT2D eigenvalue weighted by molar-refractivity contribution is 0.171. The van der Waals surface area contributed by atoms with Gasteiger partial charge in [0.05, 0.1) is 7.11 Å². The van der Waals surface area contributed by atoms with Gasteiger partial charge >= 0.3 is 6.09 Å². The zero-order chi connectivity index (χ0) is 9.40. The third-order valence-corrected chi connectivity index (χ3v) is 1.01. The van der Waals surface area contributed by atoms with Gasteiger partial charge in [0, 0.05) is 13.0 Å². The van der Waals surface area contributed by atoms with E-state index in [2.05, 4.69) is 28.5 Å². The molecule has 0 aliphatic carbocycles. The Morgan fingerprint density at radius 3 is 2.83 bits per heavy atom. The van der Waals surface area contributed by atoms with Crippen LogP contribution in [0, 0.1) is 11.8 Å². The number of methoxy groups -OCH3 is 1. The fourth-order valence-corrected chi connectivity index (χ4v) is 0.513.